The smallest absolute Gasteiger partial charge is 0.129 e. The van der Waals surface area contributed by atoms with Gasteiger partial charge >= 0.3 is 0 Å². The van der Waals surface area contributed by atoms with Crippen molar-refractivity contribution in [1.29, 1.82) is 0 Å². The van der Waals surface area contributed by atoms with Crippen LogP contribution < -0.4 is 5.32 Å². The number of hydrogen-bond acceptors (Lipinski definition) is 2. The maximum Gasteiger partial charge on any atom is 0.129 e. The van der Waals surface area contributed by atoms with Crippen LogP contribution in [0.15, 0.2) is 48.5 Å². The molecular weight excluding hydrogens is 265 g/mol. The topological polar surface area (TPSA) is 32.3 Å². The first-order chi connectivity index (χ1) is 10.2. The molecule has 2 aromatic rings. The summed E-state index contributed by atoms with van der Waals surface area (Å²) in [7, 11) is 0. The minimum atomic E-state index is -0.802. The fraction of sp³-hybridized carbons (Fsp3) is 0.333. The highest BCUT2D eigenvalue weighted by atomic mass is 19.1. The number of hydrogen-bond donors (Lipinski definition) is 2. The second-order valence-corrected chi connectivity index (χ2v) is 5.65. The summed E-state index contributed by atoms with van der Waals surface area (Å²) >= 11 is 0. The summed E-state index contributed by atoms with van der Waals surface area (Å²) in [5.74, 6) is -0.346. The van der Waals surface area contributed by atoms with Crippen LogP contribution in [-0.4, -0.2) is 17.7 Å². The van der Waals surface area contributed by atoms with E-state index in [1.165, 1.54) is 17.2 Å². The molecule has 0 saturated heterocycles. The number of benzene rings is 2. The standard InChI is InChI=1S/C18H20FNO/c19-17-8-4-3-7-16(17)18(21)12-20-15-10-9-13-5-1-2-6-14(13)11-15/h1-8,15,18,20-21H,9-12H2. The molecular formula is C18H20FNO. The molecule has 0 heterocycles. The Bertz CT molecular complexity index is 614. The van der Waals surface area contributed by atoms with Crippen LogP contribution >= 0.6 is 0 Å². The van der Waals surface area contributed by atoms with Crippen molar-refractivity contribution >= 4 is 0 Å². The van der Waals surface area contributed by atoms with Gasteiger partial charge in [0.2, 0.25) is 0 Å². The molecule has 0 radical (unpaired) electrons. The Labute approximate surface area is 124 Å². The molecule has 21 heavy (non-hydrogen) atoms. The third-order valence-electron chi connectivity index (χ3n) is 4.21. The van der Waals surface area contributed by atoms with Crippen molar-refractivity contribution in [2.45, 2.75) is 31.4 Å². The first-order valence-corrected chi connectivity index (χ1v) is 7.46. The third kappa shape index (κ3) is 3.31. The van der Waals surface area contributed by atoms with Gasteiger partial charge in [-0.05, 0) is 36.5 Å². The summed E-state index contributed by atoms with van der Waals surface area (Å²) in [5, 5.41) is 13.5. The number of aryl methyl sites for hydroxylation is 1. The summed E-state index contributed by atoms with van der Waals surface area (Å²) in [5.41, 5.74) is 3.16. The molecule has 1 aliphatic carbocycles. The quantitative estimate of drug-likeness (QED) is 0.905. The maximum atomic E-state index is 13.6. The Morgan fingerprint density at radius 3 is 2.62 bits per heavy atom. The highest BCUT2D eigenvalue weighted by Gasteiger charge is 2.19. The van der Waals surface area contributed by atoms with Gasteiger partial charge < -0.3 is 10.4 Å². The number of aliphatic hydroxyl groups excluding tert-OH is 1. The average Bonchev–Trinajstić information content (AvgIpc) is 2.53. The number of nitrogens with one attached hydrogen (secondary N) is 1. The molecule has 0 amide bonds. The van der Waals surface area contributed by atoms with Gasteiger partial charge in [-0.1, -0.05) is 42.5 Å². The molecule has 0 aliphatic heterocycles. The molecule has 2 atom stereocenters. The van der Waals surface area contributed by atoms with Crippen LogP contribution in [0.4, 0.5) is 4.39 Å². The zero-order chi connectivity index (χ0) is 14.7. The number of aliphatic hydroxyl groups is 1. The highest BCUT2D eigenvalue weighted by molar-refractivity contribution is 5.30. The van der Waals surface area contributed by atoms with E-state index in [0.29, 0.717) is 18.2 Å². The van der Waals surface area contributed by atoms with E-state index in [4.69, 9.17) is 0 Å². The van der Waals surface area contributed by atoms with Gasteiger partial charge in [0.15, 0.2) is 0 Å². The summed E-state index contributed by atoms with van der Waals surface area (Å²) in [4.78, 5) is 0. The SMILES string of the molecule is OC(CNC1CCc2ccccc2C1)c1ccccc1F. The highest BCUT2D eigenvalue weighted by Crippen LogP contribution is 2.22. The van der Waals surface area contributed by atoms with E-state index >= 15 is 0 Å². The fourth-order valence-electron chi connectivity index (χ4n) is 3.01. The Hall–Kier alpha value is -1.71. The van der Waals surface area contributed by atoms with E-state index in [1.54, 1.807) is 18.2 Å². The first-order valence-electron chi connectivity index (χ1n) is 7.46. The molecule has 1 aliphatic rings. The fourth-order valence-corrected chi connectivity index (χ4v) is 3.01. The van der Waals surface area contributed by atoms with Crippen LogP contribution in [-0.2, 0) is 12.8 Å². The van der Waals surface area contributed by atoms with Crippen LogP contribution in [0.2, 0.25) is 0 Å². The minimum absolute atomic E-state index is 0.346. The number of rotatable bonds is 4. The second-order valence-electron chi connectivity index (χ2n) is 5.65. The van der Waals surface area contributed by atoms with Gasteiger partial charge in [0.1, 0.15) is 5.82 Å². The van der Waals surface area contributed by atoms with E-state index in [2.05, 4.69) is 29.6 Å². The lowest BCUT2D eigenvalue weighted by Crippen LogP contribution is -2.37. The van der Waals surface area contributed by atoms with Gasteiger partial charge in [0.25, 0.3) is 0 Å². The molecule has 2 N–H and O–H groups in total. The van der Waals surface area contributed by atoms with Crippen LogP contribution in [0.1, 0.15) is 29.2 Å². The first kappa shape index (κ1) is 14.2. The Morgan fingerprint density at radius 2 is 1.81 bits per heavy atom. The van der Waals surface area contributed by atoms with Crippen LogP contribution in [0, 0.1) is 5.82 Å². The van der Waals surface area contributed by atoms with Crippen molar-refractivity contribution in [1.82, 2.24) is 5.32 Å². The maximum absolute atomic E-state index is 13.6. The molecule has 0 bridgehead atoms. The van der Waals surface area contributed by atoms with E-state index in [0.717, 1.165) is 19.3 Å². The van der Waals surface area contributed by atoms with Crippen molar-refractivity contribution in [2.75, 3.05) is 6.54 Å². The van der Waals surface area contributed by atoms with Crippen molar-refractivity contribution < 1.29 is 9.50 Å². The zero-order valence-corrected chi connectivity index (χ0v) is 11.9. The van der Waals surface area contributed by atoms with Gasteiger partial charge in [0, 0.05) is 18.2 Å². The van der Waals surface area contributed by atoms with Gasteiger partial charge in [-0.2, -0.15) is 0 Å². The van der Waals surface area contributed by atoms with Crippen LogP contribution in [0.5, 0.6) is 0 Å². The molecule has 3 heteroatoms. The second kappa shape index (κ2) is 6.37. The lowest BCUT2D eigenvalue weighted by Gasteiger charge is -2.26. The lowest BCUT2D eigenvalue weighted by molar-refractivity contribution is 0.164. The van der Waals surface area contributed by atoms with Crippen molar-refractivity contribution in [3.8, 4) is 0 Å². The van der Waals surface area contributed by atoms with Crippen molar-refractivity contribution in [2.24, 2.45) is 0 Å². The Morgan fingerprint density at radius 1 is 1.10 bits per heavy atom. The van der Waals surface area contributed by atoms with Gasteiger partial charge in [-0.25, -0.2) is 4.39 Å². The minimum Gasteiger partial charge on any atom is -0.387 e. The van der Waals surface area contributed by atoms with E-state index < -0.39 is 6.10 Å². The Balaban J connectivity index is 1.58. The van der Waals surface area contributed by atoms with Gasteiger partial charge in [-0.15, -0.1) is 0 Å². The molecule has 0 spiro atoms. The predicted octanol–water partition coefficient (Wildman–Crippen LogP) is 3.01. The molecule has 0 fully saturated rings. The molecule has 2 unspecified atom stereocenters. The molecule has 0 saturated carbocycles. The molecule has 2 nitrogen and oxygen atoms in total. The zero-order valence-electron chi connectivity index (χ0n) is 11.9. The summed E-state index contributed by atoms with van der Waals surface area (Å²) < 4.78 is 13.6. The summed E-state index contributed by atoms with van der Waals surface area (Å²) in [6.45, 7) is 0.383. The summed E-state index contributed by atoms with van der Waals surface area (Å²) in [6, 6.07) is 15.2. The van der Waals surface area contributed by atoms with E-state index in [-0.39, 0.29) is 5.82 Å². The number of halogens is 1. The molecule has 110 valence electrons. The molecule has 3 rings (SSSR count). The van der Waals surface area contributed by atoms with Crippen molar-refractivity contribution in [3.63, 3.8) is 0 Å². The van der Waals surface area contributed by atoms with Gasteiger partial charge in [-0.3, -0.25) is 0 Å². The monoisotopic (exact) mass is 285 g/mol. The number of fused-ring (bicyclic) bond motifs is 1. The average molecular weight is 285 g/mol. The van der Waals surface area contributed by atoms with E-state index in [1.807, 2.05) is 0 Å². The van der Waals surface area contributed by atoms with Crippen LogP contribution in [0.3, 0.4) is 0 Å². The molecule has 0 aromatic heterocycles. The molecule has 2 aromatic carbocycles. The van der Waals surface area contributed by atoms with E-state index in [9.17, 15) is 9.50 Å². The van der Waals surface area contributed by atoms with Gasteiger partial charge in [0.05, 0.1) is 6.10 Å². The van der Waals surface area contributed by atoms with Crippen molar-refractivity contribution in [3.05, 3.63) is 71.0 Å². The summed E-state index contributed by atoms with van der Waals surface area (Å²) in [6.07, 6.45) is 2.29. The van der Waals surface area contributed by atoms with Crippen LogP contribution in [0.25, 0.3) is 0 Å². The Kier molecular flexibility index (Phi) is 4.32. The third-order valence-corrected chi connectivity index (χ3v) is 4.21. The lowest BCUT2D eigenvalue weighted by atomic mass is 9.88. The largest absolute Gasteiger partial charge is 0.387 e. The normalized spacial score (nSPS) is 19.0. The predicted molar refractivity (Wildman–Crippen MR) is 81.6 cm³/mol.